The number of anilines is 1. The van der Waals surface area contributed by atoms with Gasteiger partial charge in [-0.15, -0.1) is 0 Å². The van der Waals surface area contributed by atoms with Crippen LogP contribution in [0.4, 0.5) is 5.69 Å². The minimum atomic E-state index is -3.23. The van der Waals surface area contributed by atoms with Gasteiger partial charge in [-0.2, -0.15) is 0 Å². The number of hydrogen-bond donors (Lipinski definition) is 1. The highest BCUT2D eigenvalue weighted by molar-refractivity contribution is 7.88. The fourth-order valence-corrected chi connectivity index (χ4v) is 3.93. The molecule has 1 aliphatic rings. The molecule has 0 spiro atoms. The molecule has 5 nitrogen and oxygen atoms in total. The summed E-state index contributed by atoms with van der Waals surface area (Å²) in [6.45, 7) is 2.13. The Bertz CT molecular complexity index is 848. The van der Waals surface area contributed by atoms with Crippen molar-refractivity contribution in [3.63, 3.8) is 0 Å². The van der Waals surface area contributed by atoms with Gasteiger partial charge in [0, 0.05) is 45.5 Å². The summed E-state index contributed by atoms with van der Waals surface area (Å²) >= 11 is 0. The molecule has 0 bridgehead atoms. The number of hydrogen-bond acceptors (Lipinski definition) is 4. The Morgan fingerprint density at radius 1 is 1.08 bits per heavy atom. The van der Waals surface area contributed by atoms with Crippen LogP contribution in [0.5, 0.6) is 0 Å². The van der Waals surface area contributed by atoms with Gasteiger partial charge < -0.3 is 4.90 Å². The molecule has 140 valence electrons. The molecular weight excluding hydrogens is 346 g/mol. The maximum Gasteiger partial charge on any atom is 0.208 e. The molecule has 0 aliphatic carbocycles. The smallest absolute Gasteiger partial charge is 0.208 e. The molecule has 1 aliphatic heterocycles. The van der Waals surface area contributed by atoms with Gasteiger partial charge in [-0.1, -0.05) is 36.4 Å². The Labute approximate surface area is 156 Å². The van der Waals surface area contributed by atoms with Crippen LogP contribution in [-0.4, -0.2) is 46.8 Å². The third kappa shape index (κ3) is 4.63. The van der Waals surface area contributed by atoms with E-state index in [0.717, 1.165) is 30.8 Å². The molecule has 0 amide bonds. The largest absolute Gasteiger partial charge is 0.378 e. The van der Waals surface area contributed by atoms with E-state index >= 15 is 0 Å². The van der Waals surface area contributed by atoms with Crippen molar-refractivity contribution in [1.82, 2.24) is 9.62 Å². The lowest BCUT2D eigenvalue weighted by molar-refractivity contribution is 0.180. The highest BCUT2D eigenvalue weighted by atomic mass is 32.2. The topological polar surface area (TPSA) is 52.7 Å². The summed E-state index contributed by atoms with van der Waals surface area (Å²) in [4.78, 5) is 4.43. The summed E-state index contributed by atoms with van der Waals surface area (Å²) in [5.74, 6) is 0. The van der Waals surface area contributed by atoms with Crippen molar-refractivity contribution in [2.24, 2.45) is 0 Å². The molecule has 3 rings (SSSR count). The van der Waals surface area contributed by atoms with Gasteiger partial charge in [0.05, 0.1) is 6.26 Å². The second-order valence-electron chi connectivity index (χ2n) is 7.11. The van der Waals surface area contributed by atoms with E-state index in [9.17, 15) is 8.42 Å². The lowest BCUT2D eigenvalue weighted by atomic mass is 9.96. The number of nitrogens with one attached hydrogen (secondary N) is 1. The molecule has 2 aromatic rings. The van der Waals surface area contributed by atoms with Crippen LogP contribution in [0, 0.1) is 0 Å². The number of benzene rings is 2. The molecule has 1 atom stereocenters. The summed E-state index contributed by atoms with van der Waals surface area (Å²) in [5, 5.41) is 0. The molecule has 26 heavy (non-hydrogen) atoms. The van der Waals surface area contributed by atoms with Crippen LogP contribution in [0.1, 0.15) is 22.7 Å². The Kier molecular flexibility index (Phi) is 5.65. The monoisotopic (exact) mass is 373 g/mol. The SMILES string of the molecule is CN(C)c1ccc([C@@H](CNS(C)(=O)=O)N2CCc3ccccc3C2)cc1. The van der Waals surface area contributed by atoms with Crippen LogP contribution < -0.4 is 9.62 Å². The molecule has 0 radical (unpaired) electrons. The van der Waals surface area contributed by atoms with Gasteiger partial charge >= 0.3 is 0 Å². The van der Waals surface area contributed by atoms with Crippen LogP contribution in [-0.2, 0) is 23.0 Å². The highest BCUT2D eigenvalue weighted by Gasteiger charge is 2.25. The first-order valence-electron chi connectivity index (χ1n) is 8.86. The maximum absolute atomic E-state index is 11.7. The van der Waals surface area contributed by atoms with Crippen LogP contribution in [0.15, 0.2) is 48.5 Å². The Morgan fingerprint density at radius 2 is 1.73 bits per heavy atom. The van der Waals surface area contributed by atoms with Gasteiger partial charge in [0.2, 0.25) is 10.0 Å². The summed E-state index contributed by atoms with van der Waals surface area (Å²) in [5.41, 5.74) is 4.98. The quantitative estimate of drug-likeness (QED) is 0.845. The summed E-state index contributed by atoms with van der Waals surface area (Å²) in [7, 11) is 0.793. The van der Waals surface area contributed by atoms with E-state index < -0.39 is 10.0 Å². The predicted molar refractivity (Wildman–Crippen MR) is 107 cm³/mol. The van der Waals surface area contributed by atoms with Crippen LogP contribution in [0.25, 0.3) is 0 Å². The van der Waals surface area contributed by atoms with Gasteiger partial charge in [-0.3, -0.25) is 4.90 Å². The molecule has 0 aromatic heterocycles. The summed E-state index contributed by atoms with van der Waals surface area (Å²) < 4.78 is 26.0. The molecule has 0 unspecified atom stereocenters. The standard InChI is InChI=1S/C20H27N3O2S/c1-22(2)19-10-8-17(9-11-19)20(14-21-26(3,24)25)23-13-12-16-6-4-5-7-18(16)15-23/h4-11,20-21H,12-15H2,1-3H3/t20-/m1/s1. The Hall–Kier alpha value is -1.89. The van der Waals surface area contributed by atoms with E-state index in [0.29, 0.717) is 6.54 Å². The van der Waals surface area contributed by atoms with E-state index in [1.807, 2.05) is 14.1 Å². The number of rotatable bonds is 6. The molecule has 0 fully saturated rings. The van der Waals surface area contributed by atoms with Gasteiger partial charge in [-0.25, -0.2) is 13.1 Å². The van der Waals surface area contributed by atoms with Crippen LogP contribution in [0.2, 0.25) is 0 Å². The normalized spacial score (nSPS) is 16.1. The second kappa shape index (κ2) is 7.78. The predicted octanol–water partition coefficient (Wildman–Crippen LogP) is 2.40. The lowest BCUT2D eigenvalue weighted by Crippen LogP contribution is -2.40. The zero-order valence-corrected chi connectivity index (χ0v) is 16.5. The average Bonchev–Trinajstić information content (AvgIpc) is 2.61. The van der Waals surface area contributed by atoms with Gasteiger partial charge in [0.15, 0.2) is 0 Å². The van der Waals surface area contributed by atoms with Crippen molar-refractivity contribution >= 4 is 15.7 Å². The maximum atomic E-state index is 11.7. The van der Waals surface area contributed by atoms with Crippen LogP contribution >= 0.6 is 0 Å². The summed E-state index contributed by atoms with van der Waals surface area (Å²) in [6, 6.07) is 16.9. The minimum absolute atomic E-state index is 0.00860. The van der Waals surface area contributed by atoms with Crippen molar-refractivity contribution in [3.8, 4) is 0 Å². The van der Waals surface area contributed by atoms with Crippen molar-refractivity contribution in [1.29, 1.82) is 0 Å². The highest BCUT2D eigenvalue weighted by Crippen LogP contribution is 2.28. The molecular formula is C20H27N3O2S. The van der Waals surface area contributed by atoms with Crippen molar-refractivity contribution in [2.75, 3.05) is 38.3 Å². The fourth-order valence-electron chi connectivity index (χ4n) is 3.47. The minimum Gasteiger partial charge on any atom is -0.378 e. The molecule has 2 aromatic carbocycles. The first-order chi connectivity index (χ1) is 12.3. The van der Waals surface area contributed by atoms with Crippen molar-refractivity contribution in [2.45, 2.75) is 19.0 Å². The van der Waals surface area contributed by atoms with Crippen molar-refractivity contribution in [3.05, 3.63) is 65.2 Å². The van der Waals surface area contributed by atoms with E-state index in [4.69, 9.17) is 0 Å². The van der Waals surface area contributed by atoms with Gasteiger partial charge in [-0.05, 0) is 35.2 Å². The van der Waals surface area contributed by atoms with Gasteiger partial charge in [0.1, 0.15) is 0 Å². The van der Waals surface area contributed by atoms with Crippen LogP contribution in [0.3, 0.4) is 0 Å². The zero-order chi connectivity index (χ0) is 18.7. The first kappa shape index (κ1) is 18.9. The average molecular weight is 374 g/mol. The molecule has 1 heterocycles. The number of sulfonamides is 1. The molecule has 6 heteroatoms. The number of fused-ring (bicyclic) bond motifs is 1. The van der Waals surface area contributed by atoms with E-state index in [-0.39, 0.29) is 6.04 Å². The number of nitrogens with zero attached hydrogens (tertiary/aromatic N) is 2. The summed E-state index contributed by atoms with van der Waals surface area (Å²) in [6.07, 6.45) is 2.20. The molecule has 0 saturated heterocycles. The third-order valence-electron chi connectivity index (χ3n) is 4.93. The second-order valence-corrected chi connectivity index (χ2v) is 8.94. The fraction of sp³-hybridized carbons (Fsp3) is 0.400. The first-order valence-corrected chi connectivity index (χ1v) is 10.8. The van der Waals surface area contributed by atoms with E-state index in [1.165, 1.54) is 17.4 Å². The third-order valence-corrected chi connectivity index (χ3v) is 5.63. The van der Waals surface area contributed by atoms with Crippen molar-refractivity contribution < 1.29 is 8.42 Å². The molecule has 1 N–H and O–H groups in total. The van der Waals surface area contributed by atoms with E-state index in [1.54, 1.807) is 0 Å². The Balaban J connectivity index is 1.86. The van der Waals surface area contributed by atoms with E-state index in [2.05, 4.69) is 63.1 Å². The lowest BCUT2D eigenvalue weighted by Gasteiger charge is -2.36. The zero-order valence-electron chi connectivity index (χ0n) is 15.6. The molecule has 0 saturated carbocycles. The Morgan fingerprint density at radius 3 is 2.35 bits per heavy atom. The van der Waals surface area contributed by atoms with Gasteiger partial charge in [0.25, 0.3) is 0 Å².